The Kier molecular flexibility index (Phi) is 4.06. The number of carbonyl (C=O) groups excluding carboxylic acids is 1. The van der Waals surface area contributed by atoms with Gasteiger partial charge in [-0.3, -0.25) is 4.79 Å². The Bertz CT molecular complexity index is 804. The molecule has 0 radical (unpaired) electrons. The van der Waals surface area contributed by atoms with Crippen molar-refractivity contribution >= 4 is 16.9 Å². The zero-order valence-corrected chi connectivity index (χ0v) is 13.2. The molecule has 1 aromatic heterocycles. The minimum atomic E-state index is -0.180. The highest BCUT2D eigenvalue weighted by molar-refractivity contribution is 5.80. The lowest BCUT2D eigenvalue weighted by Crippen LogP contribution is -2.30. The van der Waals surface area contributed by atoms with E-state index in [4.69, 9.17) is 4.42 Å². The number of nitrogens with zero attached hydrogens (tertiary/aromatic N) is 1. The van der Waals surface area contributed by atoms with Gasteiger partial charge in [-0.2, -0.15) is 0 Å². The molecule has 1 N–H and O–H groups in total. The molecule has 3 rings (SSSR count). The number of fused-ring (bicyclic) bond motifs is 1. The molecule has 0 saturated heterocycles. The zero-order valence-electron chi connectivity index (χ0n) is 13.2. The van der Waals surface area contributed by atoms with Gasteiger partial charge in [0.25, 0.3) is 0 Å². The molecule has 118 valence electrons. The molecule has 0 fully saturated rings. The van der Waals surface area contributed by atoms with Crippen molar-refractivity contribution < 1.29 is 14.3 Å². The number of likely N-dealkylation sites (N-methyl/N-ethyl adjacent to an activating group) is 1. The molecule has 0 saturated carbocycles. The summed E-state index contributed by atoms with van der Waals surface area (Å²) in [6.07, 6.45) is 0.160. The van der Waals surface area contributed by atoms with Crippen molar-refractivity contribution in [3.8, 4) is 5.75 Å². The van der Waals surface area contributed by atoms with E-state index in [9.17, 15) is 9.90 Å². The highest BCUT2D eigenvalue weighted by Crippen LogP contribution is 2.27. The van der Waals surface area contributed by atoms with Crippen LogP contribution in [0.15, 0.2) is 59.0 Å². The van der Waals surface area contributed by atoms with Gasteiger partial charge < -0.3 is 14.4 Å². The van der Waals surface area contributed by atoms with Crippen LogP contribution in [-0.2, 0) is 11.2 Å². The van der Waals surface area contributed by atoms with Crippen LogP contribution in [0.3, 0.4) is 0 Å². The van der Waals surface area contributed by atoms with Crippen molar-refractivity contribution in [3.63, 3.8) is 0 Å². The van der Waals surface area contributed by atoms with Gasteiger partial charge in [0.05, 0.1) is 12.5 Å². The van der Waals surface area contributed by atoms with E-state index >= 15 is 0 Å². The van der Waals surface area contributed by atoms with E-state index in [0.29, 0.717) is 5.56 Å². The largest absolute Gasteiger partial charge is 0.508 e. The summed E-state index contributed by atoms with van der Waals surface area (Å²) in [7, 11) is 1.75. The standard InChI is InChI=1S/C19H19NO3/c1-13(18-11-15-8-4-6-10-17(15)23-18)20(2)19(22)12-14-7-3-5-9-16(14)21/h3-11,13,21H,12H2,1-2H3/t13-/m0/s1. The predicted octanol–water partition coefficient (Wildman–Crippen LogP) is 3.90. The summed E-state index contributed by atoms with van der Waals surface area (Å²) in [4.78, 5) is 14.1. The Hall–Kier alpha value is -2.75. The predicted molar refractivity (Wildman–Crippen MR) is 89.2 cm³/mol. The summed E-state index contributed by atoms with van der Waals surface area (Å²) in [5.74, 6) is 0.824. The van der Waals surface area contributed by atoms with Crippen LogP contribution in [0, 0.1) is 0 Å². The van der Waals surface area contributed by atoms with Crippen LogP contribution in [0.2, 0.25) is 0 Å². The average Bonchev–Trinajstić information content (AvgIpc) is 2.99. The minimum Gasteiger partial charge on any atom is -0.508 e. The fourth-order valence-electron chi connectivity index (χ4n) is 2.56. The van der Waals surface area contributed by atoms with Crippen LogP contribution in [0.1, 0.15) is 24.3 Å². The third-order valence-corrected chi connectivity index (χ3v) is 4.16. The van der Waals surface area contributed by atoms with Crippen molar-refractivity contribution in [2.45, 2.75) is 19.4 Å². The second-order valence-electron chi connectivity index (χ2n) is 5.67. The van der Waals surface area contributed by atoms with Crippen LogP contribution < -0.4 is 0 Å². The number of furan rings is 1. The Morgan fingerprint density at radius 2 is 1.87 bits per heavy atom. The molecule has 0 spiro atoms. The molecule has 0 aliphatic rings. The van der Waals surface area contributed by atoms with Gasteiger partial charge in [-0.05, 0) is 25.1 Å². The molecule has 23 heavy (non-hydrogen) atoms. The van der Waals surface area contributed by atoms with Crippen molar-refractivity contribution in [3.05, 3.63) is 65.9 Å². The Morgan fingerprint density at radius 3 is 2.61 bits per heavy atom. The van der Waals surface area contributed by atoms with E-state index in [1.807, 2.05) is 43.3 Å². The van der Waals surface area contributed by atoms with Gasteiger partial charge in [0.15, 0.2) is 0 Å². The number of hydrogen-bond acceptors (Lipinski definition) is 3. The number of benzene rings is 2. The second-order valence-corrected chi connectivity index (χ2v) is 5.67. The summed E-state index contributed by atoms with van der Waals surface area (Å²) in [5, 5.41) is 10.8. The van der Waals surface area contributed by atoms with Gasteiger partial charge in [-0.25, -0.2) is 0 Å². The van der Waals surface area contributed by atoms with Crippen LogP contribution in [0.25, 0.3) is 11.0 Å². The summed E-state index contributed by atoms with van der Waals surface area (Å²) in [6, 6.07) is 16.5. The third kappa shape index (κ3) is 3.06. The average molecular weight is 309 g/mol. The van der Waals surface area contributed by atoms with E-state index in [1.165, 1.54) is 0 Å². The number of para-hydroxylation sites is 2. The molecule has 3 aromatic rings. The molecule has 4 heteroatoms. The van der Waals surface area contributed by atoms with E-state index in [-0.39, 0.29) is 24.1 Å². The Labute approximate surface area is 135 Å². The van der Waals surface area contributed by atoms with E-state index in [0.717, 1.165) is 16.7 Å². The molecule has 1 amide bonds. The molecular weight excluding hydrogens is 290 g/mol. The monoisotopic (exact) mass is 309 g/mol. The van der Waals surface area contributed by atoms with E-state index in [2.05, 4.69) is 0 Å². The second kappa shape index (κ2) is 6.16. The first-order chi connectivity index (χ1) is 11.1. The van der Waals surface area contributed by atoms with Crippen LogP contribution in [0.5, 0.6) is 5.75 Å². The maximum absolute atomic E-state index is 12.5. The summed E-state index contributed by atoms with van der Waals surface area (Å²) >= 11 is 0. The van der Waals surface area contributed by atoms with Gasteiger partial charge in [-0.1, -0.05) is 36.4 Å². The number of phenolic OH excluding ortho intramolecular Hbond substituents is 1. The van der Waals surface area contributed by atoms with E-state index in [1.54, 1.807) is 30.1 Å². The van der Waals surface area contributed by atoms with Crippen molar-refractivity contribution in [1.29, 1.82) is 0 Å². The number of hydrogen-bond donors (Lipinski definition) is 1. The number of aromatic hydroxyl groups is 1. The fourth-order valence-corrected chi connectivity index (χ4v) is 2.56. The summed E-state index contributed by atoms with van der Waals surface area (Å²) in [6.45, 7) is 1.93. The first kappa shape index (κ1) is 15.2. The van der Waals surface area contributed by atoms with Crippen LogP contribution >= 0.6 is 0 Å². The molecule has 0 unspecified atom stereocenters. The molecule has 2 aromatic carbocycles. The summed E-state index contributed by atoms with van der Waals surface area (Å²) < 4.78 is 5.83. The van der Waals surface area contributed by atoms with Crippen LogP contribution in [0.4, 0.5) is 0 Å². The number of phenols is 1. The molecule has 1 atom stereocenters. The number of amides is 1. The Balaban J connectivity index is 1.77. The zero-order chi connectivity index (χ0) is 16.4. The maximum atomic E-state index is 12.5. The molecule has 0 aliphatic heterocycles. The number of rotatable bonds is 4. The SMILES string of the molecule is C[C@@H](c1cc2ccccc2o1)N(C)C(=O)Cc1ccccc1O. The fraction of sp³-hybridized carbons (Fsp3) is 0.211. The molecule has 0 aliphatic carbocycles. The smallest absolute Gasteiger partial charge is 0.227 e. The minimum absolute atomic E-state index is 0.0699. The first-order valence-corrected chi connectivity index (χ1v) is 7.57. The summed E-state index contributed by atoms with van der Waals surface area (Å²) in [5.41, 5.74) is 1.44. The van der Waals surface area contributed by atoms with Crippen molar-refractivity contribution in [2.75, 3.05) is 7.05 Å². The maximum Gasteiger partial charge on any atom is 0.227 e. The van der Waals surface area contributed by atoms with E-state index < -0.39 is 0 Å². The Morgan fingerprint density at radius 1 is 1.17 bits per heavy atom. The molecule has 0 bridgehead atoms. The molecular formula is C19H19NO3. The number of carbonyl (C=O) groups is 1. The highest BCUT2D eigenvalue weighted by atomic mass is 16.3. The first-order valence-electron chi connectivity index (χ1n) is 7.57. The third-order valence-electron chi connectivity index (χ3n) is 4.16. The van der Waals surface area contributed by atoms with Crippen LogP contribution in [-0.4, -0.2) is 23.0 Å². The van der Waals surface area contributed by atoms with Crippen molar-refractivity contribution in [1.82, 2.24) is 4.90 Å². The quantitative estimate of drug-likeness (QED) is 0.795. The molecule has 1 heterocycles. The molecule has 4 nitrogen and oxygen atoms in total. The van der Waals surface area contributed by atoms with Gasteiger partial charge in [-0.15, -0.1) is 0 Å². The van der Waals surface area contributed by atoms with Crippen molar-refractivity contribution in [2.24, 2.45) is 0 Å². The van der Waals surface area contributed by atoms with Gasteiger partial charge in [0.2, 0.25) is 5.91 Å². The highest BCUT2D eigenvalue weighted by Gasteiger charge is 2.21. The topological polar surface area (TPSA) is 53.7 Å². The van der Waals surface area contributed by atoms with Gasteiger partial charge >= 0.3 is 0 Å². The van der Waals surface area contributed by atoms with Gasteiger partial charge in [0, 0.05) is 18.0 Å². The normalized spacial score (nSPS) is 12.3. The lowest BCUT2D eigenvalue weighted by Gasteiger charge is -2.23. The van der Waals surface area contributed by atoms with Gasteiger partial charge in [0.1, 0.15) is 17.1 Å². The lowest BCUT2D eigenvalue weighted by molar-refractivity contribution is -0.131. The lowest BCUT2D eigenvalue weighted by atomic mass is 10.1.